The van der Waals surface area contributed by atoms with Crippen LogP contribution in [0.5, 0.6) is 0 Å². The molecule has 0 radical (unpaired) electrons. The van der Waals surface area contributed by atoms with E-state index in [4.69, 9.17) is 17.3 Å². The van der Waals surface area contributed by atoms with Crippen molar-refractivity contribution in [3.05, 3.63) is 34.3 Å². The van der Waals surface area contributed by atoms with E-state index in [0.717, 1.165) is 5.56 Å². The summed E-state index contributed by atoms with van der Waals surface area (Å²) in [5.74, 6) is 0. The van der Waals surface area contributed by atoms with E-state index in [1.54, 1.807) is 6.07 Å². The highest BCUT2D eigenvalue weighted by Gasteiger charge is 2.15. The fraction of sp³-hybridized carbons (Fsp3) is 0.455. The van der Waals surface area contributed by atoms with E-state index in [-0.39, 0.29) is 5.54 Å². The van der Waals surface area contributed by atoms with Crippen LogP contribution < -0.4 is 5.73 Å². The van der Waals surface area contributed by atoms with Crippen LogP contribution in [-0.2, 0) is 13.1 Å². The molecule has 0 bridgehead atoms. The molecule has 0 atom stereocenters. The first-order valence-electron chi connectivity index (χ1n) is 4.55. The summed E-state index contributed by atoms with van der Waals surface area (Å²) in [7, 11) is 0. The molecule has 1 nitrogen and oxygen atoms in total. The van der Waals surface area contributed by atoms with Gasteiger partial charge in [0.05, 0.1) is 0 Å². The minimum absolute atomic E-state index is 0.339. The van der Waals surface area contributed by atoms with Crippen LogP contribution in [0, 0.1) is 0 Å². The number of nitrogens with two attached hydrogens (primary N) is 1. The number of hydrogen-bond donors (Lipinski definition) is 1. The van der Waals surface area contributed by atoms with Crippen LogP contribution in [0.3, 0.4) is 0 Å². The van der Waals surface area contributed by atoms with E-state index >= 15 is 0 Å². The summed E-state index contributed by atoms with van der Waals surface area (Å²) in [6.07, 6.45) is 0.632. The number of benzene rings is 1. The SMILES string of the molecule is CC(C)(N)Cc1cccc(Cl)c1CF. The van der Waals surface area contributed by atoms with Gasteiger partial charge in [0.1, 0.15) is 6.67 Å². The second-order valence-corrected chi connectivity index (χ2v) is 4.58. The Labute approximate surface area is 89.1 Å². The summed E-state index contributed by atoms with van der Waals surface area (Å²) in [6.45, 7) is 3.29. The first-order chi connectivity index (χ1) is 6.44. The number of rotatable bonds is 3. The predicted octanol–water partition coefficient (Wildman–Crippen LogP) is 3.09. The van der Waals surface area contributed by atoms with Gasteiger partial charge in [-0.3, -0.25) is 0 Å². The van der Waals surface area contributed by atoms with Gasteiger partial charge in [-0.2, -0.15) is 0 Å². The fourth-order valence-corrected chi connectivity index (χ4v) is 1.65. The highest BCUT2D eigenvalue weighted by atomic mass is 35.5. The van der Waals surface area contributed by atoms with Gasteiger partial charge in [-0.05, 0) is 31.9 Å². The molecule has 0 saturated heterocycles. The molecule has 0 unspecified atom stereocenters. The van der Waals surface area contributed by atoms with Crippen molar-refractivity contribution in [2.24, 2.45) is 5.73 Å². The van der Waals surface area contributed by atoms with Crippen molar-refractivity contribution in [3.8, 4) is 0 Å². The lowest BCUT2D eigenvalue weighted by molar-refractivity contribution is 0.471. The van der Waals surface area contributed by atoms with Crippen molar-refractivity contribution in [3.63, 3.8) is 0 Å². The number of alkyl halides is 1. The van der Waals surface area contributed by atoms with Gasteiger partial charge >= 0.3 is 0 Å². The monoisotopic (exact) mass is 215 g/mol. The molecule has 78 valence electrons. The molecule has 0 amide bonds. The Kier molecular flexibility index (Phi) is 3.51. The Balaban J connectivity index is 3.02. The van der Waals surface area contributed by atoms with Gasteiger partial charge in [-0.15, -0.1) is 0 Å². The third kappa shape index (κ3) is 2.96. The quantitative estimate of drug-likeness (QED) is 0.824. The molecular formula is C11H15ClFN. The largest absolute Gasteiger partial charge is 0.325 e. The Hall–Kier alpha value is -0.600. The molecule has 14 heavy (non-hydrogen) atoms. The summed E-state index contributed by atoms with van der Waals surface area (Å²) in [6, 6.07) is 5.39. The summed E-state index contributed by atoms with van der Waals surface area (Å²) >= 11 is 5.88. The third-order valence-corrected chi connectivity index (χ3v) is 2.35. The maximum absolute atomic E-state index is 12.7. The van der Waals surface area contributed by atoms with Gasteiger partial charge in [0.25, 0.3) is 0 Å². The second kappa shape index (κ2) is 4.28. The van der Waals surface area contributed by atoms with E-state index in [1.807, 2.05) is 26.0 Å². The topological polar surface area (TPSA) is 26.0 Å². The molecule has 0 aliphatic heterocycles. The van der Waals surface area contributed by atoms with E-state index in [0.29, 0.717) is 17.0 Å². The van der Waals surface area contributed by atoms with Crippen molar-refractivity contribution >= 4 is 11.6 Å². The standard InChI is InChI=1S/C11H15ClFN/c1-11(2,14)6-8-4-3-5-10(12)9(8)7-13/h3-5H,6-7,14H2,1-2H3. The molecule has 1 aromatic carbocycles. The average Bonchev–Trinajstić information content (AvgIpc) is 2.01. The van der Waals surface area contributed by atoms with Crippen LogP contribution in [0.15, 0.2) is 18.2 Å². The van der Waals surface area contributed by atoms with Crippen molar-refractivity contribution in [1.82, 2.24) is 0 Å². The second-order valence-electron chi connectivity index (χ2n) is 4.18. The number of hydrogen-bond acceptors (Lipinski definition) is 1. The highest BCUT2D eigenvalue weighted by Crippen LogP contribution is 2.23. The lowest BCUT2D eigenvalue weighted by Gasteiger charge is -2.20. The Bertz CT molecular complexity index is 318. The zero-order valence-electron chi connectivity index (χ0n) is 8.48. The third-order valence-electron chi connectivity index (χ3n) is 2.00. The molecule has 0 spiro atoms. The van der Waals surface area contributed by atoms with Gasteiger partial charge in [0.2, 0.25) is 0 Å². The smallest absolute Gasteiger partial charge is 0.116 e. The van der Waals surface area contributed by atoms with Crippen LogP contribution in [-0.4, -0.2) is 5.54 Å². The molecular weight excluding hydrogens is 201 g/mol. The Morgan fingerprint density at radius 1 is 1.43 bits per heavy atom. The molecule has 0 saturated carbocycles. The summed E-state index contributed by atoms with van der Waals surface area (Å²) in [5, 5.41) is 0.481. The van der Waals surface area contributed by atoms with Gasteiger partial charge in [-0.1, -0.05) is 23.7 Å². The van der Waals surface area contributed by atoms with Crippen LogP contribution >= 0.6 is 11.6 Å². The van der Waals surface area contributed by atoms with Crippen LogP contribution in [0.2, 0.25) is 5.02 Å². The zero-order chi connectivity index (χ0) is 10.8. The molecule has 1 rings (SSSR count). The molecule has 2 N–H and O–H groups in total. The molecule has 1 aromatic rings. The highest BCUT2D eigenvalue weighted by molar-refractivity contribution is 6.31. The van der Waals surface area contributed by atoms with Crippen molar-refractivity contribution in [2.75, 3.05) is 0 Å². The fourth-order valence-electron chi connectivity index (χ4n) is 1.41. The van der Waals surface area contributed by atoms with E-state index in [2.05, 4.69) is 0 Å². The van der Waals surface area contributed by atoms with E-state index in [1.165, 1.54) is 0 Å². The molecule has 0 aromatic heterocycles. The van der Waals surface area contributed by atoms with Gasteiger partial charge in [0, 0.05) is 16.1 Å². The predicted molar refractivity (Wildman–Crippen MR) is 58.2 cm³/mol. The average molecular weight is 216 g/mol. The molecule has 0 aliphatic rings. The van der Waals surface area contributed by atoms with E-state index in [9.17, 15) is 4.39 Å². The van der Waals surface area contributed by atoms with Gasteiger partial charge in [0.15, 0.2) is 0 Å². The molecule has 0 aliphatic carbocycles. The van der Waals surface area contributed by atoms with Crippen LogP contribution in [0.25, 0.3) is 0 Å². The first-order valence-corrected chi connectivity index (χ1v) is 4.93. The molecule has 3 heteroatoms. The maximum Gasteiger partial charge on any atom is 0.116 e. The lowest BCUT2D eigenvalue weighted by atomic mass is 9.93. The molecule has 0 fully saturated rings. The van der Waals surface area contributed by atoms with Crippen molar-refractivity contribution < 1.29 is 4.39 Å². The minimum Gasteiger partial charge on any atom is -0.325 e. The zero-order valence-corrected chi connectivity index (χ0v) is 9.24. The van der Waals surface area contributed by atoms with Crippen LogP contribution in [0.4, 0.5) is 4.39 Å². The van der Waals surface area contributed by atoms with Gasteiger partial charge < -0.3 is 5.73 Å². The van der Waals surface area contributed by atoms with Crippen LogP contribution in [0.1, 0.15) is 25.0 Å². The summed E-state index contributed by atoms with van der Waals surface area (Å²) in [5.41, 5.74) is 7.00. The Morgan fingerprint density at radius 3 is 2.57 bits per heavy atom. The van der Waals surface area contributed by atoms with Crippen molar-refractivity contribution in [1.29, 1.82) is 0 Å². The Morgan fingerprint density at radius 2 is 2.07 bits per heavy atom. The van der Waals surface area contributed by atoms with Gasteiger partial charge in [-0.25, -0.2) is 4.39 Å². The molecule has 0 heterocycles. The van der Waals surface area contributed by atoms with Crippen molar-refractivity contribution in [2.45, 2.75) is 32.5 Å². The number of halogens is 2. The first kappa shape index (κ1) is 11.5. The summed E-state index contributed by atoms with van der Waals surface area (Å²) < 4.78 is 12.7. The van der Waals surface area contributed by atoms with E-state index < -0.39 is 6.67 Å². The lowest BCUT2D eigenvalue weighted by Crippen LogP contribution is -2.34. The minimum atomic E-state index is -0.537. The maximum atomic E-state index is 12.7. The summed E-state index contributed by atoms with van der Waals surface area (Å²) in [4.78, 5) is 0. The normalized spacial score (nSPS) is 11.8.